The van der Waals surface area contributed by atoms with Gasteiger partial charge >= 0.3 is 0 Å². The summed E-state index contributed by atoms with van der Waals surface area (Å²) in [6.45, 7) is 2.60. The number of rotatable bonds is 3. The predicted molar refractivity (Wildman–Crippen MR) is 77.4 cm³/mol. The predicted octanol–water partition coefficient (Wildman–Crippen LogP) is -0.0624. The molecule has 1 fully saturated rings. The van der Waals surface area contributed by atoms with Crippen LogP contribution in [0.25, 0.3) is 0 Å². The fourth-order valence-electron chi connectivity index (χ4n) is 2.14. The SMILES string of the molecule is CC1CN(C(=O)c2ccc(C(N)=S)cn2)CC(CO)O1. The lowest BCUT2D eigenvalue weighted by atomic mass is 10.2. The van der Waals surface area contributed by atoms with Gasteiger partial charge in [-0.15, -0.1) is 0 Å². The largest absolute Gasteiger partial charge is 0.394 e. The summed E-state index contributed by atoms with van der Waals surface area (Å²) in [7, 11) is 0. The van der Waals surface area contributed by atoms with Gasteiger partial charge in [0, 0.05) is 24.8 Å². The van der Waals surface area contributed by atoms with E-state index in [4.69, 9.17) is 27.8 Å². The van der Waals surface area contributed by atoms with E-state index >= 15 is 0 Å². The van der Waals surface area contributed by atoms with Crippen molar-refractivity contribution in [1.82, 2.24) is 9.88 Å². The number of aliphatic hydroxyl groups is 1. The fourth-order valence-corrected chi connectivity index (χ4v) is 2.26. The molecular formula is C13H17N3O3S. The first-order valence-electron chi connectivity index (χ1n) is 6.32. The second-order valence-electron chi connectivity index (χ2n) is 4.76. The summed E-state index contributed by atoms with van der Waals surface area (Å²) in [4.78, 5) is 18.3. The van der Waals surface area contributed by atoms with Gasteiger partial charge in [0.05, 0.1) is 18.8 Å². The number of amides is 1. The zero-order valence-electron chi connectivity index (χ0n) is 11.2. The third-order valence-corrected chi connectivity index (χ3v) is 3.32. The molecule has 1 aliphatic heterocycles. The van der Waals surface area contributed by atoms with Gasteiger partial charge in [0.1, 0.15) is 10.7 Å². The molecule has 1 aromatic rings. The normalized spacial score (nSPS) is 22.6. The Hall–Kier alpha value is -1.57. The van der Waals surface area contributed by atoms with E-state index in [9.17, 15) is 4.79 Å². The molecule has 0 aliphatic carbocycles. The molecule has 7 heteroatoms. The molecular weight excluding hydrogens is 278 g/mol. The number of hydrogen-bond donors (Lipinski definition) is 2. The van der Waals surface area contributed by atoms with Crippen LogP contribution in [0.2, 0.25) is 0 Å². The topological polar surface area (TPSA) is 88.7 Å². The summed E-state index contributed by atoms with van der Waals surface area (Å²) in [5.41, 5.74) is 6.44. The number of aromatic nitrogens is 1. The Morgan fingerprint density at radius 3 is 2.90 bits per heavy atom. The van der Waals surface area contributed by atoms with Crippen molar-refractivity contribution >= 4 is 23.1 Å². The van der Waals surface area contributed by atoms with Crippen molar-refractivity contribution in [2.24, 2.45) is 5.73 Å². The molecule has 108 valence electrons. The van der Waals surface area contributed by atoms with E-state index in [1.165, 1.54) is 6.20 Å². The van der Waals surface area contributed by atoms with Crippen LogP contribution in [-0.4, -0.2) is 57.8 Å². The van der Waals surface area contributed by atoms with Crippen LogP contribution in [0.4, 0.5) is 0 Å². The van der Waals surface area contributed by atoms with E-state index in [1.54, 1.807) is 17.0 Å². The van der Waals surface area contributed by atoms with Gasteiger partial charge in [-0.05, 0) is 19.1 Å². The second-order valence-corrected chi connectivity index (χ2v) is 5.20. The van der Waals surface area contributed by atoms with E-state index in [0.29, 0.717) is 24.3 Å². The highest BCUT2D eigenvalue weighted by atomic mass is 32.1. The van der Waals surface area contributed by atoms with Crippen molar-refractivity contribution in [2.75, 3.05) is 19.7 Å². The molecule has 2 unspecified atom stereocenters. The number of ether oxygens (including phenoxy) is 1. The van der Waals surface area contributed by atoms with Crippen LogP contribution in [0.15, 0.2) is 18.3 Å². The third-order valence-electron chi connectivity index (χ3n) is 3.08. The number of morpholine rings is 1. The number of nitrogens with two attached hydrogens (primary N) is 1. The Morgan fingerprint density at radius 2 is 2.35 bits per heavy atom. The van der Waals surface area contributed by atoms with Crippen LogP contribution < -0.4 is 5.73 Å². The van der Waals surface area contributed by atoms with Crippen LogP contribution in [-0.2, 0) is 4.74 Å². The number of carbonyl (C=O) groups excluding carboxylic acids is 1. The summed E-state index contributed by atoms with van der Waals surface area (Å²) in [6, 6.07) is 3.28. The van der Waals surface area contributed by atoms with Gasteiger partial charge in [0.15, 0.2) is 0 Å². The van der Waals surface area contributed by atoms with Crippen LogP contribution >= 0.6 is 12.2 Å². The molecule has 6 nitrogen and oxygen atoms in total. The van der Waals surface area contributed by atoms with E-state index in [-0.39, 0.29) is 29.7 Å². The molecule has 1 aromatic heterocycles. The van der Waals surface area contributed by atoms with Crippen molar-refractivity contribution in [2.45, 2.75) is 19.1 Å². The minimum Gasteiger partial charge on any atom is -0.394 e. The summed E-state index contributed by atoms with van der Waals surface area (Å²) in [6.07, 6.45) is 1.03. The Kier molecular flexibility index (Phi) is 4.64. The van der Waals surface area contributed by atoms with Gasteiger partial charge in [-0.1, -0.05) is 12.2 Å². The quantitative estimate of drug-likeness (QED) is 0.759. The molecule has 0 spiro atoms. The molecule has 0 bridgehead atoms. The van der Waals surface area contributed by atoms with Crippen LogP contribution in [0.1, 0.15) is 23.0 Å². The Morgan fingerprint density at radius 1 is 1.60 bits per heavy atom. The Bertz CT molecular complexity index is 506. The number of aliphatic hydroxyl groups excluding tert-OH is 1. The lowest BCUT2D eigenvalue weighted by Crippen LogP contribution is -2.50. The van der Waals surface area contributed by atoms with Crippen LogP contribution in [0, 0.1) is 0 Å². The number of nitrogens with zero attached hydrogens (tertiary/aromatic N) is 2. The minimum absolute atomic E-state index is 0.109. The molecule has 0 aromatic carbocycles. The monoisotopic (exact) mass is 295 g/mol. The lowest BCUT2D eigenvalue weighted by molar-refractivity contribution is -0.0859. The highest BCUT2D eigenvalue weighted by molar-refractivity contribution is 7.80. The first-order valence-corrected chi connectivity index (χ1v) is 6.73. The summed E-state index contributed by atoms with van der Waals surface area (Å²) in [5, 5.41) is 9.17. The molecule has 2 rings (SSSR count). The summed E-state index contributed by atoms with van der Waals surface area (Å²) < 4.78 is 5.50. The summed E-state index contributed by atoms with van der Waals surface area (Å²) >= 11 is 4.84. The smallest absolute Gasteiger partial charge is 0.272 e. The van der Waals surface area contributed by atoms with Gasteiger partial charge in [0.2, 0.25) is 0 Å². The van der Waals surface area contributed by atoms with Crippen molar-refractivity contribution in [3.63, 3.8) is 0 Å². The molecule has 20 heavy (non-hydrogen) atoms. The lowest BCUT2D eigenvalue weighted by Gasteiger charge is -2.35. The molecule has 3 N–H and O–H groups in total. The van der Waals surface area contributed by atoms with Gasteiger partial charge in [-0.25, -0.2) is 0 Å². The van der Waals surface area contributed by atoms with Crippen LogP contribution in [0.3, 0.4) is 0 Å². The van der Waals surface area contributed by atoms with E-state index in [0.717, 1.165) is 0 Å². The molecule has 1 saturated heterocycles. The highest BCUT2D eigenvalue weighted by Gasteiger charge is 2.29. The first-order chi connectivity index (χ1) is 9.51. The van der Waals surface area contributed by atoms with Gasteiger partial charge < -0.3 is 20.5 Å². The Labute approximate surface area is 122 Å². The van der Waals surface area contributed by atoms with E-state index in [2.05, 4.69) is 4.98 Å². The van der Waals surface area contributed by atoms with E-state index < -0.39 is 0 Å². The van der Waals surface area contributed by atoms with Crippen molar-refractivity contribution in [3.8, 4) is 0 Å². The highest BCUT2D eigenvalue weighted by Crippen LogP contribution is 2.13. The minimum atomic E-state index is -0.349. The first kappa shape index (κ1) is 14.8. The summed E-state index contributed by atoms with van der Waals surface area (Å²) in [5.74, 6) is -0.187. The van der Waals surface area contributed by atoms with Crippen LogP contribution in [0.5, 0.6) is 0 Å². The van der Waals surface area contributed by atoms with Crippen molar-refractivity contribution in [3.05, 3.63) is 29.6 Å². The standard InChI is InChI=1S/C13H17N3O3S/c1-8-5-16(6-10(7-17)19-8)13(18)11-3-2-9(4-15-11)12(14)20/h2-4,8,10,17H,5-7H2,1H3,(H2,14,20). The van der Waals surface area contributed by atoms with Gasteiger partial charge in [0.25, 0.3) is 5.91 Å². The van der Waals surface area contributed by atoms with Crippen molar-refractivity contribution < 1.29 is 14.6 Å². The maximum atomic E-state index is 12.4. The Balaban J connectivity index is 2.11. The zero-order valence-corrected chi connectivity index (χ0v) is 12.0. The molecule has 2 heterocycles. The molecule has 0 saturated carbocycles. The maximum Gasteiger partial charge on any atom is 0.272 e. The molecule has 0 radical (unpaired) electrons. The zero-order chi connectivity index (χ0) is 14.7. The van der Waals surface area contributed by atoms with Crippen molar-refractivity contribution in [1.29, 1.82) is 0 Å². The average Bonchev–Trinajstić information content (AvgIpc) is 2.45. The molecule has 1 amide bonds. The number of thiocarbonyl (C=S) groups is 1. The second kappa shape index (κ2) is 6.25. The number of hydrogen-bond acceptors (Lipinski definition) is 5. The molecule has 2 atom stereocenters. The third kappa shape index (κ3) is 3.30. The maximum absolute atomic E-state index is 12.4. The van der Waals surface area contributed by atoms with Gasteiger partial charge in [-0.3, -0.25) is 9.78 Å². The molecule has 1 aliphatic rings. The number of pyridine rings is 1. The van der Waals surface area contributed by atoms with Gasteiger partial charge in [-0.2, -0.15) is 0 Å². The van der Waals surface area contributed by atoms with E-state index in [1.807, 2.05) is 6.92 Å². The fraction of sp³-hybridized carbons (Fsp3) is 0.462. The number of carbonyl (C=O) groups is 1. The average molecular weight is 295 g/mol.